The van der Waals surface area contributed by atoms with Gasteiger partial charge in [-0.05, 0) is 118 Å². The van der Waals surface area contributed by atoms with Gasteiger partial charge in [0.1, 0.15) is 11.6 Å². The van der Waals surface area contributed by atoms with Gasteiger partial charge in [0.2, 0.25) is 0 Å². The van der Waals surface area contributed by atoms with E-state index in [9.17, 15) is 13.6 Å². The second-order valence-corrected chi connectivity index (χ2v) is 14.7. The molecule has 0 aromatic heterocycles. The predicted molar refractivity (Wildman–Crippen MR) is 206 cm³/mol. The maximum atomic E-state index is 13.5. The minimum absolute atomic E-state index is 0.0863. The summed E-state index contributed by atoms with van der Waals surface area (Å²) >= 11 is 0. The highest BCUT2D eigenvalue weighted by Gasteiger charge is 2.37. The minimum Gasteiger partial charge on any atom is -0.323 e. The normalized spacial score (nSPS) is 22.2. The Morgan fingerprint density at radius 3 is 1.85 bits per heavy atom. The molecule has 2 saturated heterocycles. The Morgan fingerprint density at radius 2 is 1.27 bits per heavy atom. The summed E-state index contributed by atoms with van der Waals surface area (Å²) in [4.78, 5) is 21.8. The van der Waals surface area contributed by atoms with Crippen LogP contribution < -0.4 is 10.6 Å². The van der Waals surface area contributed by atoms with Crippen LogP contribution in [0.2, 0.25) is 0 Å². The van der Waals surface area contributed by atoms with E-state index >= 15 is 0 Å². The highest BCUT2D eigenvalue weighted by atomic mass is 19.1. The average molecular weight is 709 g/mol. The molecule has 9 heteroatoms. The van der Waals surface area contributed by atoms with Gasteiger partial charge in [0.25, 0.3) is 0 Å². The summed E-state index contributed by atoms with van der Waals surface area (Å²) in [6.07, 6.45) is 4.23. The second-order valence-electron chi connectivity index (χ2n) is 14.7. The van der Waals surface area contributed by atoms with E-state index in [1.165, 1.54) is 60.5 Å². The van der Waals surface area contributed by atoms with Crippen molar-refractivity contribution in [2.24, 2.45) is 0 Å². The molecule has 4 atom stereocenters. The first kappa shape index (κ1) is 37.6. The van der Waals surface area contributed by atoms with Crippen molar-refractivity contribution in [3.63, 3.8) is 0 Å². The van der Waals surface area contributed by atoms with Crippen LogP contribution in [0, 0.1) is 11.6 Å². The lowest BCUT2D eigenvalue weighted by molar-refractivity contribution is 0.143. The molecule has 4 aliphatic rings. The van der Waals surface area contributed by atoms with Crippen molar-refractivity contribution in [1.82, 2.24) is 30.2 Å². The molecule has 4 heterocycles. The Bertz CT molecular complexity index is 1740. The molecule has 276 valence electrons. The van der Waals surface area contributed by atoms with Crippen LogP contribution in [0.4, 0.5) is 13.6 Å². The highest BCUT2D eigenvalue weighted by Crippen LogP contribution is 2.36. The lowest BCUT2D eigenvalue weighted by Crippen LogP contribution is -2.48. The molecule has 4 aliphatic heterocycles. The van der Waals surface area contributed by atoms with E-state index in [1.807, 2.05) is 34.1 Å². The number of hydrogen-bond acceptors (Lipinski definition) is 5. The fraction of sp³-hybridized carbons (Fsp3) is 0.419. The molecule has 2 fully saturated rings. The zero-order valence-corrected chi connectivity index (χ0v) is 31.1. The van der Waals surface area contributed by atoms with Crippen LogP contribution in [0.3, 0.4) is 0 Å². The standard InChI is InChI=1S/C22H26FN3O.C15H14FN.C6H14N2/c1-24(2)19-12-13-25(15-19)22(27)26-14-11-16-5-3-4-6-20(16)21(26)17-7-9-18(23)10-8-17;16-13-7-5-12(6-8-13)15-14-4-2-1-3-11(14)9-10-17-15;1-8(2)6-3-4-7-5-6/h3-10,19,21H,11-15H2,1-2H3;1-8,15,17H,9-10H2;6-7H,3-5H2,1-2H3/t19-,21-;15-;6-/m000/s1. The van der Waals surface area contributed by atoms with Gasteiger partial charge in [-0.1, -0.05) is 72.8 Å². The Morgan fingerprint density at radius 1 is 0.673 bits per heavy atom. The number of fused-ring (bicyclic) bond motifs is 2. The third-order valence-electron chi connectivity index (χ3n) is 11.0. The van der Waals surface area contributed by atoms with Gasteiger partial charge < -0.3 is 30.2 Å². The summed E-state index contributed by atoms with van der Waals surface area (Å²) < 4.78 is 26.4. The molecule has 0 radical (unpaired) electrons. The van der Waals surface area contributed by atoms with Crippen LogP contribution >= 0.6 is 0 Å². The van der Waals surface area contributed by atoms with Crippen LogP contribution in [0.15, 0.2) is 97.1 Å². The first-order chi connectivity index (χ1) is 25.2. The lowest BCUT2D eigenvalue weighted by Gasteiger charge is -2.39. The zero-order valence-electron chi connectivity index (χ0n) is 31.1. The van der Waals surface area contributed by atoms with Crippen LogP contribution in [-0.2, 0) is 12.8 Å². The molecule has 0 unspecified atom stereocenters. The van der Waals surface area contributed by atoms with E-state index in [4.69, 9.17) is 0 Å². The van der Waals surface area contributed by atoms with Crippen molar-refractivity contribution < 1.29 is 13.6 Å². The largest absolute Gasteiger partial charge is 0.323 e. The van der Waals surface area contributed by atoms with Crippen molar-refractivity contribution in [2.75, 3.05) is 67.5 Å². The number of nitrogens with zero attached hydrogens (tertiary/aromatic N) is 4. The fourth-order valence-electron chi connectivity index (χ4n) is 7.83. The van der Waals surface area contributed by atoms with Gasteiger partial charge in [-0.2, -0.15) is 0 Å². The van der Waals surface area contributed by atoms with Crippen LogP contribution in [0.1, 0.15) is 58.3 Å². The number of amides is 2. The summed E-state index contributed by atoms with van der Waals surface area (Å²) in [6.45, 7) is 5.58. The Labute approximate surface area is 308 Å². The quantitative estimate of drug-likeness (QED) is 0.254. The van der Waals surface area contributed by atoms with Crippen molar-refractivity contribution in [3.8, 4) is 0 Å². The second kappa shape index (κ2) is 17.6. The minimum atomic E-state index is -0.255. The van der Waals surface area contributed by atoms with Gasteiger partial charge in [-0.15, -0.1) is 0 Å². The number of hydrogen-bond donors (Lipinski definition) is 2. The first-order valence-corrected chi connectivity index (χ1v) is 18.7. The van der Waals surface area contributed by atoms with E-state index in [-0.39, 0.29) is 29.7 Å². The summed E-state index contributed by atoms with van der Waals surface area (Å²) in [5, 5.41) is 6.80. The number of rotatable bonds is 4. The molecule has 4 aromatic rings. The Hall–Kier alpha value is -4.15. The predicted octanol–water partition coefficient (Wildman–Crippen LogP) is 6.50. The van der Waals surface area contributed by atoms with Gasteiger partial charge in [0.05, 0.1) is 12.1 Å². The van der Waals surface area contributed by atoms with Crippen molar-refractivity contribution in [3.05, 3.63) is 142 Å². The lowest BCUT2D eigenvalue weighted by atomic mass is 9.88. The van der Waals surface area contributed by atoms with Gasteiger partial charge in [-0.3, -0.25) is 0 Å². The molecule has 7 nitrogen and oxygen atoms in total. The molecule has 2 amide bonds. The van der Waals surface area contributed by atoms with E-state index in [0.717, 1.165) is 61.6 Å². The van der Waals surface area contributed by atoms with Gasteiger partial charge >= 0.3 is 6.03 Å². The fourth-order valence-corrected chi connectivity index (χ4v) is 7.83. The number of carbonyl (C=O) groups is 1. The number of benzene rings is 4. The SMILES string of the molecule is CN(C)[C@H]1CCN(C(=O)N2CCc3ccccc3[C@@H]2c2ccc(F)cc2)C1.CN(C)[C@H]1CCNC1.Fc1ccc([C@@H]2NCCc3ccccc32)cc1. The molecule has 4 aromatic carbocycles. The maximum absolute atomic E-state index is 13.5. The number of likely N-dealkylation sites (N-methyl/N-ethyl adjacent to an activating group) is 2. The summed E-state index contributed by atoms with van der Waals surface area (Å²) in [7, 11) is 8.41. The molecule has 0 aliphatic carbocycles. The number of carbonyl (C=O) groups excluding carboxylic acids is 1. The van der Waals surface area contributed by atoms with E-state index in [0.29, 0.717) is 12.6 Å². The zero-order chi connectivity index (χ0) is 36.6. The van der Waals surface area contributed by atoms with Crippen LogP contribution in [0.5, 0.6) is 0 Å². The maximum Gasteiger partial charge on any atom is 0.320 e. The Balaban J connectivity index is 0.000000157. The van der Waals surface area contributed by atoms with E-state index < -0.39 is 0 Å². The third-order valence-corrected chi connectivity index (χ3v) is 11.0. The van der Waals surface area contributed by atoms with Gasteiger partial charge in [-0.25, -0.2) is 13.6 Å². The van der Waals surface area contributed by atoms with Crippen molar-refractivity contribution in [1.29, 1.82) is 0 Å². The molecular formula is C43H54F2N6O. The first-order valence-electron chi connectivity index (χ1n) is 18.7. The molecular weight excluding hydrogens is 655 g/mol. The number of likely N-dealkylation sites (tertiary alicyclic amines) is 1. The molecule has 52 heavy (non-hydrogen) atoms. The highest BCUT2D eigenvalue weighted by molar-refractivity contribution is 5.76. The molecule has 8 rings (SSSR count). The average Bonchev–Trinajstić information content (AvgIpc) is 3.90. The smallest absolute Gasteiger partial charge is 0.320 e. The molecule has 0 saturated carbocycles. The number of halogens is 2. The van der Waals surface area contributed by atoms with Gasteiger partial charge in [0, 0.05) is 44.8 Å². The monoisotopic (exact) mass is 708 g/mol. The van der Waals surface area contributed by atoms with Gasteiger partial charge in [0.15, 0.2) is 0 Å². The molecule has 2 N–H and O–H groups in total. The summed E-state index contributed by atoms with van der Waals surface area (Å²) in [5.41, 5.74) is 7.19. The van der Waals surface area contributed by atoms with Crippen molar-refractivity contribution >= 4 is 6.03 Å². The van der Waals surface area contributed by atoms with Crippen LogP contribution in [-0.4, -0.2) is 105 Å². The number of nitrogens with one attached hydrogen (secondary N) is 2. The number of urea groups is 1. The van der Waals surface area contributed by atoms with E-state index in [1.54, 1.807) is 12.1 Å². The van der Waals surface area contributed by atoms with E-state index in [2.05, 4.69) is 85.0 Å². The molecule has 0 spiro atoms. The summed E-state index contributed by atoms with van der Waals surface area (Å²) in [5.74, 6) is -0.438. The molecule has 0 bridgehead atoms. The third kappa shape index (κ3) is 9.07. The Kier molecular flexibility index (Phi) is 12.7. The topological polar surface area (TPSA) is 54.1 Å². The summed E-state index contributed by atoms with van der Waals surface area (Å²) in [6, 6.07) is 31.4. The van der Waals surface area contributed by atoms with Crippen LogP contribution in [0.25, 0.3) is 0 Å². The van der Waals surface area contributed by atoms with Crippen molar-refractivity contribution in [2.45, 2.75) is 49.9 Å².